The van der Waals surface area contributed by atoms with E-state index >= 15 is 0 Å². The molecule has 1 aromatic carbocycles. The molecule has 1 aromatic rings. The molecule has 0 aliphatic rings. The molecule has 0 radical (unpaired) electrons. The summed E-state index contributed by atoms with van der Waals surface area (Å²) in [5.41, 5.74) is 1.80. The Hall–Kier alpha value is -2.18. The molecule has 0 saturated carbocycles. The van der Waals surface area contributed by atoms with E-state index in [1.807, 2.05) is 0 Å². The zero-order chi connectivity index (χ0) is 12.1. The molecule has 0 aromatic heterocycles. The first kappa shape index (κ1) is 11.9. The Kier molecular flexibility index (Phi) is 3.76. The van der Waals surface area contributed by atoms with E-state index in [-0.39, 0.29) is 5.69 Å². The highest BCUT2D eigenvalue weighted by Gasteiger charge is 2.08. The van der Waals surface area contributed by atoms with Gasteiger partial charge in [0.15, 0.2) is 11.6 Å². The Morgan fingerprint density at radius 3 is 2.44 bits per heavy atom. The third-order valence-corrected chi connectivity index (χ3v) is 1.77. The number of anilines is 1. The summed E-state index contributed by atoms with van der Waals surface area (Å²) >= 11 is 5.37. The summed E-state index contributed by atoms with van der Waals surface area (Å²) in [6.45, 7) is 0. The van der Waals surface area contributed by atoms with Crippen molar-refractivity contribution in [2.45, 2.75) is 0 Å². The number of nitriles is 2. The number of benzene rings is 1. The van der Waals surface area contributed by atoms with Gasteiger partial charge in [0.05, 0.1) is 10.7 Å². The van der Waals surface area contributed by atoms with Crippen LogP contribution in [0.1, 0.15) is 0 Å². The third kappa shape index (κ3) is 2.66. The van der Waals surface area contributed by atoms with Gasteiger partial charge in [-0.25, -0.2) is 8.78 Å². The van der Waals surface area contributed by atoms with Crippen molar-refractivity contribution >= 4 is 23.0 Å². The molecular formula is C9H3ClF2N4. The molecule has 7 heteroatoms. The van der Waals surface area contributed by atoms with Crippen molar-refractivity contribution in [1.82, 2.24) is 0 Å². The Labute approximate surface area is 94.4 Å². The van der Waals surface area contributed by atoms with Crippen LogP contribution < -0.4 is 5.43 Å². The lowest BCUT2D eigenvalue weighted by Gasteiger charge is -2.02. The highest BCUT2D eigenvalue weighted by Crippen LogP contribution is 2.22. The van der Waals surface area contributed by atoms with Crippen molar-refractivity contribution in [3.63, 3.8) is 0 Å². The first-order chi connectivity index (χ1) is 7.58. The largest absolute Gasteiger partial charge is 0.276 e. The van der Waals surface area contributed by atoms with E-state index < -0.39 is 22.4 Å². The molecule has 0 atom stereocenters. The van der Waals surface area contributed by atoms with Crippen LogP contribution in [0.3, 0.4) is 0 Å². The maximum absolute atomic E-state index is 12.9. The molecule has 0 spiro atoms. The Morgan fingerprint density at radius 2 is 1.94 bits per heavy atom. The standard InChI is InChI=1S/C9H3ClF2N4/c10-7-1-5(2-8(11)9(7)12)15-16-6(3-13)4-14/h1-2,15H. The van der Waals surface area contributed by atoms with E-state index in [1.165, 1.54) is 12.1 Å². The molecule has 16 heavy (non-hydrogen) atoms. The van der Waals surface area contributed by atoms with Crippen LogP contribution in [0.2, 0.25) is 5.02 Å². The van der Waals surface area contributed by atoms with Gasteiger partial charge in [0, 0.05) is 6.07 Å². The highest BCUT2D eigenvalue weighted by atomic mass is 35.5. The second-order valence-corrected chi connectivity index (χ2v) is 2.96. The lowest BCUT2D eigenvalue weighted by atomic mass is 10.3. The predicted octanol–water partition coefficient (Wildman–Crippen LogP) is 2.43. The SMILES string of the molecule is N#CC(C#N)=NNc1cc(F)c(F)c(Cl)c1. The van der Waals surface area contributed by atoms with E-state index in [9.17, 15) is 8.78 Å². The van der Waals surface area contributed by atoms with Gasteiger partial charge in [-0.05, 0) is 6.07 Å². The first-order valence-corrected chi connectivity index (χ1v) is 4.24. The lowest BCUT2D eigenvalue weighted by Crippen LogP contribution is -1.97. The van der Waals surface area contributed by atoms with Crippen molar-refractivity contribution < 1.29 is 8.78 Å². The van der Waals surface area contributed by atoms with Crippen LogP contribution in [-0.2, 0) is 0 Å². The molecule has 0 bridgehead atoms. The van der Waals surface area contributed by atoms with Crippen LogP contribution in [0.4, 0.5) is 14.5 Å². The fourth-order valence-electron chi connectivity index (χ4n) is 0.816. The van der Waals surface area contributed by atoms with Gasteiger partial charge < -0.3 is 0 Å². The maximum atomic E-state index is 12.9. The van der Waals surface area contributed by atoms with E-state index in [0.717, 1.165) is 12.1 Å². The minimum atomic E-state index is -1.17. The van der Waals surface area contributed by atoms with Crippen LogP contribution in [0, 0.1) is 34.3 Å². The quantitative estimate of drug-likeness (QED) is 0.490. The topological polar surface area (TPSA) is 72.0 Å². The molecular weight excluding hydrogens is 238 g/mol. The number of nitrogens with one attached hydrogen (secondary N) is 1. The highest BCUT2D eigenvalue weighted by molar-refractivity contribution is 6.31. The second-order valence-electron chi connectivity index (χ2n) is 2.55. The average Bonchev–Trinajstić information content (AvgIpc) is 2.27. The molecule has 0 fully saturated rings. The normalized spacial score (nSPS) is 8.81. The minimum absolute atomic E-state index is 0.0342. The number of rotatable bonds is 2. The Balaban J connectivity index is 2.98. The zero-order valence-corrected chi connectivity index (χ0v) is 8.39. The number of hydrogen-bond acceptors (Lipinski definition) is 4. The Bertz CT molecular complexity index is 488. The summed E-state index contributed by atoms with van der Waals surface area (Å²) in [7, 11) is 0. The third-order valence-electron chi connectivity index (χ3n) is 1.49. The number of hydrogen-bond donors (Lipinski definition) is 1. The summed E-state index contributed by atoms with van der Waals surface area (Å²) in [6.07, 6.45) is 0. The van der Waals surface area contributed by atoms with Crippen LogP contribution in [0.25, 0.3) is 0 Å². The minimum Gasteiger partial charge on any atom is -0.276 e. The smallest absolute Gasteiger partial charge is 0.237 e. The Morgan fingerprint density at radius 1 is 1.31 bits per heavy atom. The summed E-state index contributed by atoms with van der Waals surface area (Å²) < 4.78 is 25.6. The second kappa shape index (κ2) is 5.06. The van der Waals surface area contributed by atoms with Crippen LogP contribution >= 0.6 is 11.6 Å². The van der Waals surface area contributed by atoms with Gasteiger partial charge in [-0.3, -0.25) is 5.43 Å². The fourth-order valence-corrected chi connectivity index (χ4v) is 1.02. The van der Waals surface area contributed by atoms with Gasteiger partial charge in [-0.1, -0.05) is 11.6 Å². The summed E-state index contributed by atoms with van der Waals surface area (Å²) in [5.74, 6) is -2.32. The van der Waals surface area contributed by atoms with Crippen molar-refractivity contribution in [3.05, 3.63) is 28.8 Å². The lowest BCUT2D eigenvalue weighted by molar-refractivity contribution is 0.509. The van der Waals surface area contributed by atoms with E-state index in [4.69, 9.17) is 22.1 Å². The molecule has 1 rings (SSSR count). The fraction of sp³-hybridized carbons (Fsp3) is 0. The molecule has 0 heterocycles. The van der Waals surface area contributed by atoms with Crippen LogP contribution in [0.15, 0.2) is 17.2 Å². The van der Waals surface area contributed by atoms with Gasteiger partial charge in [0.1, 0.15) is 12.1 Å². The molecule has 80 valence electrons. The number of halogens is 3. The summed E-state index contributed by atoms with van der Waals surface area (Å²) in [4.78, 5) is 0. The van der Waals surface area contributed by atoms with Gasteiger partial charge >= 0.3 is 0 Å². The molecule has 4 nitrogen and oxygen atoms in total. The molecule has 0 amide bonds. The van der Waals surface area contributed by atoms with Crippen LogP contribution in [0.5, 0.6) is 0 Å². The van der Waals surface area contributed by atoms with Crippen molar-refractivity contribution in [2.24, 2.45) is 5.10 Å². The molecule has 0 aliphatic heterocycles. The van der Waals surface area contributed by atoms with Crippen molar-refractivity contribution in [1.29, 1.82) is 10.5 Å². The zero-order valence-electron chi connectivity index (χ0n) is 7.63. The molecule has 0 saturated heterocycles. The van der Waals surface area contributed by atoms with E-state index in [0.29, 0.717) is 0 Å². The van der Waals surface area contributed by atoms with Crippen molar-refractivity contribution in [2.75, 3.05) is 5.43 Å². The summed E-state index contributed by atoms with van der Waals surface area (Å²) in [5, 5.41) is 19.6. The summed E-state index contributed by atoms with van der Waals surface area (Å²) in [6, 6.07) is 4.86. The van der Waals surface area contributed by atoms with Gasteiger partial charge in [-0.2, -0.15) is 15.6 Å². The maximum Gasteiger partial charge on any atom is 0.237 e. The van der Waals surface area contributed by atoms with Gasteiger partial charge in [0.2, 0.25) is 5.71 Å². The van der Waals surface area contributed by atoms with Crippen molar-refractivity contribution in [3.8, 4) is 12.1 Å². The first-order valence-electron chi connectivity index (χ1n) is 3.87. The van der Waals surface area contributed by atoms with E-state index in [2.05, 4.69) is 10.5 Å². The molecule has 0 aliphatic carbocycles. The van der Waals surface area contributed by atoms with Gasteiger partial charge in [-0.15, -0.1) is 0 Å². The number of nitrogens with zero attached hydrogens (tertiary/aromatic N) is 3. The van der Waals surface area contributed by atoms with Gasteiger partial charge in [0.25, 0.3) is 0 Å². The average molecular weight is 241 g/mol. The predicted molar refractivity (Wildman–Crippen MR) is 53.7 cm³/mol. The van der Waals surface area contributed by atoms with Crippen LogP contribution in [-0.4, -0.2) is 5.71 Å². The molecule has 0 unspecified atom stereocenters. The molecule has 1 N–H and O–H groups in total. The van der Waals surface area contributed by atoms with E-state index in [1.54, 1.807) is 0 Å². The number of hydrazone groups is 1. The monoisotopic (exact) mass is 240 g/mol.